The summed E-state index contributed by atoms with van der Waals surface area (Å²) in [5.74, 6) is -0.137. The summed E-state index contributed by atoms with van der Waals surface area (Å²) >= 11 is 1.56. The van der Waals surface area contributed by atoms with Crippen molar-refractivity contribution in [3.05, 3.63) is 81.3 Å². The van der Waals surface area contributed by atoms with Crippen LogP contribution in [0.2, 0.25) is 0 Å². The van der Waals surface area contributed by atoms with E-state index in [0.29, 0.717) is 59.0 Å². The van der Waals surface area contributed by atoms with E-state index in [0.717, 1.165) is 31.4 Å². The number of amides is 1. The maximum absolute atomic E-state index is 13.7. The van der Waals surface area contributed by atoms with Gasteiger partial charge in [-0.2, -0.15) is 13.2 Å². The van der Waals surface area contributed by atoms with E-state index in [4.69, 9.17) is 4.98 Å². The lowest BCUT2D eigenvalue weighted by Crippen LogP contribution is -2.42. The summed E-state index contributed by atoms with van der Waals surface area (Å²) in [5.41, 5.74) is 1.23. The molecule has 206 valence electrons. The molecule has 2 aromatic carbocycles. The summed E-state index contributed by atoms with van der Waals surface area (Å²) in [4.78, 5) is 33.1. The normalized spacial score (nSPS) is 15.6. The predicted octanol–water partition coefficient (Wildman–Crippen LogP) is 4.67. The number of benzene rings is 2. The molecular formula is C28H29F3N4O3S. The van der Waals surface area contributed by atoms with E-state index in [9.17, 15) is 27.9 Å². The van der Waals surface area contributed by atoms with Crippen molar-refractivity contribution in [2.75, 3.05) is 13.1 Å². The highest BCUT2D eigenvalue weighted by Gasteiger charge is 2.30. The Labute approximate surface area is 228 Å². The standard InChI is InChI=1S/C28H29F3N4O3S/c29-28(30,31)19-10-8-18(9-11-19)16-32-14-12-25(37)34-15-13-22-21(17-34)26(38)35(23-6-1-2-7-24(23)36)27(33-22)39-20-4-3-5-20/h1-2,6-11,20,32,36H,3-5,12-17H2. The van der Waals surface area contributed by atoms with E-state index in [1.165, 1.54) is 22.8 Å². The predicted molar refractivity (Wildman–Crippen MR) is 142 cm³/mol. The van der Waals surface area contributed by atoms with Crippen LogP contribution in [0, 0.1) is 0 Å². The Kier molecular flexibility index (Phi) is 7.99. The first-order valence-electron chi connectivity index (χ1n) is 12.9. The van der Waals surface area contributed by atoms with Crippen LogP contribution in [0.15, 0.2) is 58.5 Å². The lowest BCUT2D eigenvalue weighted by atomic mass is 10.0. The van der Waals surface area contributed by atoms with E-state index in [1.807, 2.05) is 0 Å². The fraction of sp³-hybridized carbons (Fsp3) is 0.393. The molecule has 2 aliphatic rings. The zero-order valence-corrected chi connectivity index (χ0v) is 22.0. The minimum absolute atomic E-state index is 0.0142. The van der Waals surface area contributed by atoms with Gasteiger partial charge >= 0.3 is 6.18 Å². The van der Waals surface area contributed by atoms with Gasteiger partial charge in [-0.1, -0.05) is 42.4 Å². The average molecular weight is 559 g/mol. The van der Waals surface area contributed by atoms with Crippen LogP contribution in [-0.4, -0.2) is 43.8 Å². The van der Waals surface area contributed by atoms with Crippen molar-refractivity contribution in [1.82, 2.24) is 19.8 Å². The van der Waals surface area contributed by atoms with Crippen LogP contribution in [0.25, 0.3) is 5.69 Å². The monoisotopic (exact) mass is 558 g/mol. The average Bonchev–Trinajstić information content (AvgIpc) is 2.89. The maximum atomic E-state index is 13.7. The van der Waals surface area contributed by atoms with Crippen molar-refractivity contribution < 1.29 is 23.1 Å². The van der Waals surface area contributed by atoms with Crippen molar-refractivity contribution in [2.45, 2.75) is 61.8 Å². The molecule has 0 unspecified atom stereocenters. The first kappa shape index (κ1) is 27.3. The molecule has 0 atom stereocenters. The van der Waals surface area contributed by atoms with E-state index in [-0.39, 0.29) is 30.2 Å². The molecule has 0 spiro atoms. The summed E-state index contributed by atoms with van der Waals surface area (Å²) < 4.78 is 39.7. The number of carbonyl (C=O) groups excluding carboxylic acids is 1. The van der Waals surface area contributed by atoms with Crippen molar-refractivity contribution in [2.24, 2.45) is 0 Å². The van der Waals surface area contributed by atoms with Gasteiger partial charge in [-0.25, -0.2) is 4.98 Å². The molecule has 1 aliphatic heterocycles. The Morgan fingerprint density at radius 3 is 2.54 bits per heavy atom. The van der Waals surface area contributed by atoms with Crippen molar-refractivity contribution in [3.63, 3.8) is 0 Å². The summed E-state index contributed by atoms with van der Waals surface area (Å²) in [6, 6.07) is 11.6. The van der Waals surface area contributed by atoms with Gasteiger partial charge in [0.1, 0.15) is 5.75 Å². The largest absolute Gasteiger partial charge is 0.506 e. The smallest absolute Gasteiger partial charge is 0.416 e. The number of rotatable bonds is 8. The van der Waals surface area contributed by atoms with Gasteiger partial charge < -0.3 is 15.3 Å². The summed E-state index contributed by atoms with van der Waals surface area (Å²) in [5, 5.41) is 14.6. The quantitative estimate of drug-likeness (QED) is 0.309. The Hall–Kier alpha value is -3.31. The number of hydrogen-bond donors (Lipinski definition) is 2. The van der Waals surface area contributed by atoms with Crippen LogP contribution in [0.4, 0.5) is 13.2 Å². The molecule has 1 aromatic heterocycles. The van der Waals surface area contributed by atoms with Gasteiger partial charge in [0.05, 0.1) is 29.1 Å². The molecule has 1 amide bonds. The number of hydrogen-bond acceptors (Lipinski definition) is 6. The highest BCUT2D eigenvalue weighted by atomic mass is 32.2. The van der Waals surface area contributed by atoms with Crippen LogP contribution < -0.4 is 10.9 Å². The second-order valence-corrected chi connectivity index (χ2v) is 11.1. The molecule has 0 bridgehead atoms. The number of aromatic hydroxyl groups is 1. The highest BCUT2D eigenvalue weighted by molar-refractivity contribution is 7.99. The number of carbonyl (C=O) groups is 1. The molecular weight excluding hydrogens is 529 g/mol. The second kappa shape index (κ2) is 11.4. The van der Waals surface area contributed by atoms with Gasteiger partial charge in [0.2, 0.25) is 5.91 Å². The fourth-order valence-corrected chi connectivity index (χ4v) is 5.96. The molecule has 0 radical (unpaired) electrons. The Morgan fingerprint density at radius 2 is 1.87 bits per heavy atom. The Bertz CT molecular complexity index is 1400. The minimum Gasteiger partial charge on any atom is -0.506 e. The molecule has 2 heterocycles. The molecule has 3 aromatic rings. The van der Waals surface area contributed by atoms with Gasteiger partial charge in [0.15, 0.2) is 5.16 Å². The number of nitrogens with zero attached hydrogens (tertiary/aromatic N) is 3. The van der Waals surface area contributed by atoms with Gasteiger partial charge in [-0.05, 0) is 42.7 Å². The lowest BCUT2D eigenvalue weighted by molar-refractivity contribution is -0.137. The number of thioether (sulfide) groups is 1. The molecule has 1 aliphatic carbocycles. The Balaban J connectivity index is 1.25. The molecule has 39 heavy (non-hydrogen) atoms. The van der Waals surface area contributed by atoms with Gasteiger partial charge in [-0.15, -0.1) is 0 Å². The topological polar surface area (TPSA) is 87.5 Å². The molecule has 0 saturated heterocycles. The number of phenols is 1. The summed E-state index contributed by atoms with van der Waals surface area (Å²) in [6.07, 6.45) is -0.439. The van der Waals surface area contributed by atoms with Crippen LogP contribution in [0.1, 0.15) is 48.1 Å². The summed E-state index contributed by atoms with van der Waals surface area (Å²) in [6.45, 7) is 1.28. The number of fused-ring (bicyclic) bond motifs is 1. The molecule has 1 saturated carbocycles. The number of alkyl halides is 3. The third-order valence-electron chi connectivity index (χ3n) is 7.12. The zero-order chi connectivity index (χ0) is 27.6. The lowest BCUT2D eigenvalue weighted by Gasteiger charge is -2.30. The third-order valence-corrected chi connectivity index (χ3v) is 8.41. The van der Waals surface area contributed by atoms with E-state index in [2.05, 4.69) is 5.32 Å². The maximum Gasteiger partial charge on any atom is 0.416 e. The van der Waals surface area contributed by atoms with Crippen molar-refractivity contribution in [1.29, 1.82) is 0 Å². The van der Waals surface area contributed by atoms with Crippen molar-refractivity contribution >= 4 is 17.7 Å². The van der Waals surface area contributed by atoms with Gasteiger partial charge in [0, 0.05) is 37.7 Å². The van der Waals surface area contributed by atoms with Crippen LogP contribution in [0.5, 0.6) is 5.75 Å². The van der Waals surface area contributed by atoms with Gasteiger partial charge in [-0.3, -0.25) is 14.2 Å². The van der Waals surface area contributed by atoms with Crippen LogP contribution >= 0.6 is 11.8 Å². The number of para-hydroxylation sites is 2. The van der Waals surface area contributed by atoms with Crippen LogP contribution in [-0.2, 0) is 30.5 Å². The van der Waals surface area contributed by atoms with Gasteiger partial charge in [0.25, 0.3) is 5.56 Å². The minimum atomic E-state index is -4.37. The van der Waals surface area contributed by atoms with E-state index < -0.39 is 11.7 Å². The number of halogens is 3. The molecule has 1 fully saturated rings. The molecule has 5 rings (SSSR count). The fourth-order valence-electron chi connectivity index (χ4n) is 4.65. The van der Waals surface area contributed by atoms with E-state index >= 15 is 0 Å². The van der Waals surface area contributed by atoms with Crippen molar-refractivity contribution in [3.8, 4) is 11.4 Å². The molecule has 11 heteroatoms. The highest BCUT2D eigenvalue weighted by Crippen LogP contribution is 2.37. The van der Waals surface area contributed by atoms with Crippen LogP contribution in [0.3, 0.4) is 0 Å². The Morgan fingerprint density at radius 1 is 1.13 bits per heavy atom. The second-order valence-electron chi connectivity index (χ2n) is 9.81. The number of aromatic nitrogens is 2. The molecule has 2 N–H and O–H groups in total. The first-order valence-corrected chi connectivity index (χ1v) is 13.8. The van der Waals surface area contributed by atoms with E-state index in [1.54, 1.807) is 34.9 Å². The number of nitrogens with one attached hydrogen (secondary N) is 1. The SMILES string of the molecule is O=C(CCNCc1ccc(C(F)(F)F)cc1)N1CCc2nc(SC3CCC3)n(-c3ccccc3O)c(=O)c2C1. The first-order chi connectivity index (χ1) is 18.7. The number of phenolic OH excluding ortho intramolecular Hbond substituents is 1. The third kappa shape index (κ3) is 6.14. The zero-order valence-electron chi connectivity index (χ0n) is 21.2. The molecule has 7 nitrogen and oxygen atoms in total. The summed E-state index contributed by atoms with van der Waals surface area (Å²) in [7, 11) is 0.